The van der Waals surface area contributed by atoms with Crippen molar-refractivity contribution >= 4 is 12.0 Å². The number of hydrogen-bond acceptors (Lipinski definition) is 4. The molecule has 0 aromatic heterocycles. The minimum atomic E-state index is 0.182. The van der Waals surface area contributed by atoms with E-state index >= 15 is 0 Å². The van der Waals surface area contributed by atoms with Gasteiger partial charge in [-0.05, 0) is 49.2 Å². The van der Waals surface area contributed by atoms with Crippen molar-refractivity contribution in [1.29, 1.82) is 0 Å². The van der Waals surface area contributed by atoms with E-state index in [1.54, 1.807) is 7.11 Å². The first-order chi connectivity index (χ1) is 15.7. The third kappa shape index (κ3) is 6.21. The second-order valence-corrected chi connectivity index (χ2v) is 8.84. The number of piperidine rings is 1. The summed E-state index contributed by atoms with van der Waals surface area (Å²) < 4.78 is 5.33. The Kier molecular flexibility index (Phi) is 7.97. The summed E-state index contributed by atoms with van der Waals surface area (Å²) in [6.45, 7) is 7.45. The molecule has 0 radical (unpaired) electrons. The molecule has 2 heterocycles. The van der Waals surface area contributed by atoms with E-state index in [0.29, 0.717) is 5.91 Å². The van der Waals surface area contributed by atoms with E-state index < -0.39 is 0 Å². The number of nitrogens with zero attached hydrogens (tertiary/aromatic N) is 3. The Hall–Kier alpha value is -2.63. The van der Waals surface area contributed by atoms with Gasteiger partial charge in [0.05, 0.1) is 7.11 Å². The molecule has 0 aliphatic carbocycles. The van der Waals surface area contributed by atoms with Crippen molar-refractivity contribution in [2.75, 3.05) is 52.9 Å². The maximum absolute atomic E-state index is 13.1. The topological polar surface area (TPSA) is 36.0 Å². The van der Waals surface area contributed by atoms with Gasteiger partial charge in [-0.2, -0.15) is 0 Å². The smallest absolute Gasteiger partial charge is 0.225 e. The molecule has 2 aromatic rings. The highest BCUT2D eigenvalue weighted by Gasteiger charge is 2.30. The number of hydrogen-bond donors (Lipinski definition) is 0. The molecule has 2 aromatic carbocycles. The molecule has 32 heavy (non-hydrogen) atoms. The van der Waals surface area contributed by atoms with Crippen molar-refractivity contribution in [2.45, 2.75) is 19.4 Å². The number of amides is 1. The van der Waals surface area contributed by atoms with Gasteiger partial charge in [-0.3, -0.25) is 14.6 Å². The molecule has 0 unspecified atom stereocenters. The molecule has 2 aliphatic rings. The number of methoxy groups -OCH3 is 1. The molecule has 5 heteroatoms. The highest BCUT2D eigenvalue weighted by atomic mass is 16.5. The molecule has 2 fully saturated rings. The second-order valence-electron chi connectivity index (χ2n) is 8.84. The second kappa shape index (κ2) is 11.3. The quantitative estimate of drug-likeness (QED) is 0.666. The third-order valence-corrected chi connectivity index (χ3v) is 6.63. The Balaban J connectivity index is 1.17. The maximum Gasteiger partial charge on any atom is 0.225 e. The number of ether oxygens (including phenoxy) is 1. The number of likely N-dealkylation sites (tertiary alicyclic amines) is 1. The summed E-state index contributed by atoms with van der Waals surface area (Å²) in [7, 11) is 1.71. The number of piperazine rings is 1. The van der Waals surface area contributed by atoms with Gasteiger partial charge in [0.25, 0.3) is 0 Å². The first-order valence-corrected chi connectivity index (χ1v) is 11.8. The van der Waals surface area contributed by atoms with Gasteiger partial charge in [0.1, 0.15) is 5.75 Å². The van der Waals surface area contributed by atoms with Crippen molar-refractivity contribution in [1.82, 2.24) is 14.7 Å². The molecule has 2 saturated heterocycles. The zero-order valence-electron chi connectivity index (χ0n) is 19.2. The number of benzene rings is 2. The van der Waals surface area contributed by atoms with Crippen LogP contribution in [0, 0.1) is 5.92 Å². The zero-order chi connectivity index (χ0) is 22.2. The Morgan fingerprint density at radius 2 is 1.69 bits per heavy atom. The molecule has 0 saturated carbocycles. The molecule has 0 spiro atoms. The van der Waals surface area contributed by atoms with Crippen LogP contribution in [0.2, 0.25) is 0 Å². The zero-order valence-corrected chi connectivity index (χ0v) is 19.2. The average molecular weight is 434 g/mol. The highest BCUT2D eigenvalue weighted by Crippen LogP contribution is 2.23. The van der Waals surface area contributed by atoms with Crippen LogP contribution in [0.15, 0.2) is 60.7 Å². The number of rotatable bonds is 7. The molecule has 1 amide bonds. The average Bonchev–Trinajstić information content (AvgIpc) is 2.85. The van der Waals surface area contributed by atoms with Crippen LogP contribution in [0.3, 0.4) is 0 Å². The van der Waals surface area contributed by atoms with Crippen LogP contribution in [-0.4, -0.2) is 73.5 Å². The summed E-state index contributed by atoms with van der Waals surface area (Å²) in [5.74, 6) is 1.45. The van der Waals surface area contributed by atoms with Crippen LogP contribution in [0.25, 0.3) is 6.08 Å². The van der Waals surface area contributed by atoms with E-state index in [2.05, 4.69) is 63.2 Å². The van der Waals surface area contributed by atoms with Gasteiger partial charge in [0.15, 0.2) is 0 Å². The normalized spacial score (nSPS) is 18.8. The predicted molar refractivity (Wildman–Crippen MR) is 129 cm³/mol. The number of carbonyl (C=O) groups is 1. The fourth-order valence-corrected chi connectivity index (χ4v) is 4.68. The van der Waals surface area contributed by atoms with Crippen LogP contribution in [0.1, 0.15) is 24.0 Å². The monoisotopic (exact) mass is 433 g/mol. The lowest BCUT2D eigenvalue weighted by molar-refractivity contribution is -0.138. The fraction of sp³-hybridized carbons (Fsp3) is 0.444. The van der Waals surface area contributed by atoms with Gasteiger partial charge < -0.3 is 9.64 Å². The molecule has 5 nitrogen and oxygen atoms in total. The lowest BCUT2D eigenvalue weighted by Gasteiger charge is -2.38. The Morgan fingerprint density at radius 1 is 0.938 bits per heavy atom. The van der Waals surface area contributed by atoms with Crippen molar-refractivity contribution in [2.24, 2.45) is 5.92 Å². The maximum atomic E-state index is 13.1. The van der Waals surface area contributed by atoms with Crippen molar-refractivity contribution in [3.05, 3.63) is 71.8 Å². The van der Waals surface area contributed by atoms with E-state index in [1.807, 2.05) is 18.2 Å². The third-order valence-electron chi connectivity index (χ3n) is 6.63. The molecule has 0 bridgehead atoms. The first kappa shape index (κ1) is 22.6. The predicted octanol–water partition coefficient (Wildman–Crippen LogP) is 3.76. The standard InChI is InChI=1S/C27H35N3O2/c1-32-26-11-5-9-24(21-26)22-29-15-12-25(13-16-29)27(31)30-19-17-28(18-20-30)14-6-10-23-7-3-2-4-8-23/h2-11,21,25H,12-20,22H2,1H3. The van der Waals surface area contributed by atoms with Crippen molar-refractivity contribution in [3.8, 4) is 5.75 Å². The lowest BCUT2D eigenvalue weighted by atomic mass is 9.94. The van der Waals surface area contributed by atoms with Gasteiger partial charge in [-0.15, -0.1) is 0 Å². The Labute approximate surface area is 192 Å². The van der Waals surface area contributed by atoms with E-state index in [9.17, 15) is 4.79 Å². The van der Waals surface area contributed by atoms with Crippen LogP contribution in [0.4, 0.5) is 0 Å². The summed E-state index contributed by atoms with van der Waals surface area (Å²) in [6, 6.07) is 18.7. The molecule has 2 aliphatic heterocycles. The summed E-state index contributed by atoms with van der Waals surface area (Å²) in [4.78, 5) is 20.0. The molecule has 0 atom stereocenters. The van der Waals surface area contributed by atoms with Crippen molar-refractivity contribution < 1.29 is 9.53 Å². The van der Waals surface area contributed by atoms with Crippen LogP contribution < -0.4 is 4.74 Å². The Bertz CT molecular complexity index is 883. The molecular formula is C27H35N3O2. The first-order valence-electron chi connectivity index (χ1n) is 11.8. The minimum absolute atomic E-state index is 0.182. The summed E-state index contributed by atoms with van der Waals surface area (Å²) in [6.07, 6.45) is 6.33. The van der Waals surface area contributed by atoms with Gasteiger partial charge in [-0.25, -0.2) is 0 Å². The molecule has 170 valence electrons. The van der Waals surface area contributed by atoms with Gasteiger partial charge >= 0.3 is 0 Å². The van der Waals surface area contributed by atoms with E-state index in [4.69, 9.17) is 4.74 Å². The highest BCUT2D eigenvalue weighted by molar-refractivity contribution is 5.79. The largest absolute Gasteiger partial charge is 0.497 e. The van der Waals surface area contributed by atoms with Crippen molar-refractivity contribution in [3.63, 3.8) is 0 Å². The van der Waals surface area contributed by atoms with Gasteiger partial charge in [0, 0.05) is 45.2 Å². The minimum Gasteiger partial charge on any atom is -0.497 e. The summed E-state index contributed by atoms with van der Waals surface area (Å²) in [5, 5.41) is 0. The molecule has 0 N–H and O–H groups in total. The van der Waals surface area contributed by atoms with Crippen LogP contribution >= 0.6 is 0 Å². The van der Waals surface area contributed by atoms with E-state index in [-0.39, 0.29) is 5.92 Å². The lowest BCUT2D eigenvalue weighted by Crippen LogP contribution is -2.51. The number of carbonyl (C=O) groups excluding carboxylic acids is 1. The van der Waals surface area contributed by atoms with Gasteiger partial charge in [-0.1, -0.05) is 54.6 Å². The van der Waals surface area contributed by atoms with Crippen LogP contribution in [-0.2, 0) is 11.3 Å². The summed E-state index contributed by atoms with van der Waals surface area (Å²) >= 11 is 0. The van der Waals surface area contributed by atoms with Gasteiger partial charge in [0.2, 0.25) is 5.91 Å². The molecular weight excluding hydrogens is 398 g/mol. The SMILES string of the molecule is COc1cccc(CN2CCC(C(=O)N3CCN(CC=Cc4ccccc4)CC3)CC2)c1. The van der Waals surface area contributed by atoms with E-state index in [1.165, 1.54) is 11.1 Å². The van der Waals surface area contributed by atoms with Crippen LogP contribution in [0.5, 0.6) is 5.75 Å². The van der Waals surface area contributed by atoms with E-state index in [0.717, 1.165) is 70.9 Å². The Morgan fingerprint density at radius 3 is 2.41 bits per heavy atom. The fourth-order valence-electron chi connectivity index (χ4n) is 4.68. The summed E-state index contributed by atoms with van der Waals surface area (Å²) in [5.41, 5.74) is 2.51. The molecule has 4 rings (SSSR count).